The van der Waals surface area contributed by atoms with Gasteiger partial charge in [-0.25, -0.2) is 15.0 Å². The van der Waals surface area contributed by atoms with E-state index in [-0.39, 0.29) is 11.3 Å². The Morgan fingerprint density at radius 1 is 1.16 bits per heavy atom. The van der Waals surface area contributed by atoms with Crippen molar-refractivity contribution in [2.75, 3.05) is 24.6 Å². The van der Waals surface area contributed by atoms with Crippen LogP contribution in [0, 0.1) is 0 Å². The number of benzene rings is 1. The number of ether oxygens (including phenoxy) is 1. The summed E-state index contributed by atoms with van der Waals surface area (Å²) >= 11 is 0. The number of hydrogen-bond donors (Lipinski definition) is 0. The van der Waals surface area contributed by atoms with Crippen molar-refractivity contribution in [1.82, 2.24) is 19.5 Å². The van der Waals surface area contributed by atoms with E-state index in [1.54, 1.807) is 19.3 Å². The zero-order valence-electron chi connectivity index (χ0n) is 17.9. The Morgan fingerprint density at radius 2 is 1.94 bits per heavy atom. The molecule has 1 aliphatic rings. The van der Waals surface area contributed by atoms with Gasteiger partial charge in [0, 0.05) is 31.4 Å². The molecule has 1 saturated heterocycles. The highest BCUT2D eigenvalue weighted by Crippen LogP contribution is 2.21. The molecule has 2 aromatic heterocycles. The zero-order chi connectivity index (χ0) is 22.0. The lowest BCUT2D eigenvalue weighted by Gasteiger charge is -2.33. The van der Waals surface area contributed by atoms with E-state index in [9.17, 15) is 9.59 Å². The summed E-state index contributed by atoms with van der Waals surface area (Å²) in [5, 5.41) is 0. The quantitative estimate of drug-likeness (QED) is 0.587. The molecule has 0 amide bonds. The van der Waals surface area contributed by atoms with Gasteiger partial charge in [-0.05, 0) is 17.5 Å². The number of rotatable bonds is 5. The Labute approximate surface area is 180 Å². The van der Waals surface area contributed by atoms with E-state index >= 15 is 0 Å². The van der Waals surface area contributed by atoms with Crippen LogP contribution < -0.4 is 10.5 Å². The molecule has 8 heteroatoms. The maximum Gasteiger partial charge on any atom is 0.255 e. The third-order valence-corrected chi connectivity index (χ3v) is 5.46. The molecule has 0 saturated carbocycles. The fourth-order valence-electron chi connectivity index (χ4n) is 3.59. The zero-order valence-corrected chi connectivity index (χ0v) is 17.9. The monoisotopic (exact) mass is 419 g/mol. The molecule has 4 rings (SSSR count). The summed E-state index contributed by atoms with van der Waals surface area (Å²) in [7, 11) is 1.67. The highest BCUT2D eigenvalue weighted by molar-refractivity contribution is 6.00. The van der Waals surface area contributed by atoms with Crippen molar-refractivity contribution in [2.45, 2.75) is 25.9 Å². The number of ketones is 1. The molecule has 1 fully saturated rings. The molecular weight excluding hydrogens is 394 g/mol. The van der Waals surface area contributed by atoms with Gasteiger partial charge in [-0.2, -0.15) is 0 Å². The van der Waals surface area contributed by atoms with Crippen molar-refractivity contribution in [3.8, 4) is 11.4 Å². The van der Waals surface area contributed by atoms with E-state index in [2.05, 4.69) is 28.8 Å². The van der Waals surface area contributed by atoms with Crippen LogP contribution in [0.15, 0.2) is 53.7 Å². The molecule has 3 aromatic rings. The van der Waals surface area contributed by atoms with Gasteiger partial charge < -0.3 is 9.64 Å². The molecule has 160 valence electrons. The van der Waals surface area contributed by atoms with E-state index in [1.165, 1.54) is 22.5 Å². The van der Waals surface area contributed by atoms with Gasteiger partial charge in [0.1, 0.15) is 12.4 Å². The molecule has 0 spiro atoms. The summed E-state index contributed by atoms with van der Waals surface area (Å²) in [6.45, 7) is 5.45. The smallest absolute Gasteiger partial charge is 0.255 e. The largest absolute Gasteiger partial charge is 0.366 e. The van der Waals surface area contributed by atoms with Crippen LogP contribution in [0.25, 0.3) is 11.4 Å². The fraction of sp³-hybridized carbons (Fsp3) is 0.348. The van der Waals surface area contributed by atoms with Crippen molar-refractivity contribution in [1.29, 1.82) is 0 Å². The van der Waals surface area contributed by atoms with Gasteiger partial charge in [-0.3, -0.25) is 14.2 Å². The highest BCUT2D eigenvalue weighted by atomic mass is 16.5. The Balaban J connectivity index is 1.59. The van der Waals surface area contributed by atoms with Gasteiger partial charge in [0.05, 0.1) is 24.5 Å². The average molecular weight is 419 g/mol. The van der Waals surface area contributed by atoms with Crippen LogP contribution in [0.4, 0.5) is 5.95 Å². The molecule has 0 aliphatic carbocycles. The Morgan fingerprint density at radius 3 is 2.61 bits per heavy atom. The minimum atomic E-state index is -0.627. The van der Waals surface area contributed by atoms with Crippen LogP contribution in [-0.4, -0.2) is 51.1 Å². The van der Waals surface area contributed by atoms with Gasteiger partial charge in [0.25, 0.3) is 5.56 Å². The van der Waals surface area contributed by atoms with Crippen LogP contribution in [0.3, 0.4) is 0 Å². The van der Waals surface area contributed by atoms with E-state index in [0.717, 1.165) is 0 Å². The second kappa shape index (κ2) is 8.77. The topological polar surface area (TPSA) is 90.2 Å². The number of morpholine rings is 1. The predicted molar refractivity (Wildman–Crippen MR) is 117 cm³/mol. The first-order chi connectivity index (χ1) is 14.9. The number of aromatic nitrogens is 4. The second-order valence-electron chi connectivity index (χ2n) is 7.88. The van der Waals surface area contributed by atoms with Gasteiger partial charge in [-0.1, -0.05) is 38.1 Å². The van der Waals surface area contributed by atoms with Gasteiger partial charge >= 0.3 is 0 Å². The molecule has 3 heterocycles. The Hall–Kier alpha value is -3.39. The molecule has 1 unspecified atom stereocenters. The molecular formula is C23H25N5O3. The fourth-order valence-corrected chi connectivity index (χ4v) is 3.59. The maximum absolute atomic E-state index is 13.0. The van der Waals surface area contributed by atoms with E-state index < -0.39 is 6.10 Å². The van der Waals surface area contributed by atoms with Crippen LogP contribution in [0.2, 0.25) is 0 Å². The molecule has 31 heavy (non-hydrogen) atoms. The summed E-state index contributed by atoms with van der Waals surface area (Å²) in [5.41, 5.74) is 2.65. The van der Waals surface area contributed by atoms with Gasteiger partial charge in [0.15, 0.2) is 5.78 Å². The van der Waals surface area contributed by atoms with Gasteiger partial charge in [-0.15, -0.1) is 0 Å². The average Bonchev–Trinajstić information content (AvgIpc) is 2.81. The summed E-state index contributed by atoms with van der Waals surface area (Å²) in [6, 6.07) is 10.8. The molecule has 1 aliphatic heterocycles. The first-order valence-corrected chi connectivity index (χ1v) is 10.3. The number of hydrogen-bond acceptors (Lipinski definition) is 7. The predicted octanol–water partition coefficient (Wildman–Crippen LogP) is 2.45. The Kier molecular flexibility index (Phi) is 5.90. The summed E-state index contributed by atoms with van der Waals surface area (Å²) in [4.78, 5) is 40.3. The number of anilines is 1. The minimum Gasteiger partial charge on any atom is -0.366 e. The van der Waals surface area contributed by atoms with Crippen molar-refractivity contribution in [3.05, 3.63) is 70.4 Å². The number of Topliss-reactive ketones (excluding diaryl/α,β-unsaturated/α-hetero) is 1. The van der Waals surface area contributed by atoms with Crippen molar-refractivity contribution in [3.63, 3.8) is 0 Å². The van der Waals surface area contributed by atoms with Crippen LogP contribution >= 0.6 is 0 Å². The van der Waals surface area contributed by atoms with Crippen molar-refractivity contribution in [2.24, 2.45) is 7.05 Å². The summed E-state index contributed by atoms with van der Waals surface area (Å²) in [5.74, 6) is 0.814. The number of carbonyl (C=O) groups excluding carboxylic acids is 1. The molecule has 8 nitrogen and oxygen atoms in total. The first-order valence-electron chi connectivity index (χ1n) is 10.3. The van der Waals surface area contributed by atoms with Crippen LogP contribution in [0.5, 0.6) is 0 Å². The number of carbonyl (C=O) groups is 1. The Bertz CT molecular complexity index is 1130. The van der Waals surface area contributed by atoms with Crippen LogP contribution in [0.1, 0.15) is 35.7 Å². The van der Waals surface area contributed by atoms with E-state index in [0.29, 0.717) is 48.5 Å². The third kappa shape index (κ3) is 4.39. The lowest BCUT2D eigenvalue weighted by Crippen LogP contribution is -2.48. The standard InChI is InChI=1S/C23H25N5O3/c1-15(2)16-4-6-17(7-5-16)22(30)20-13-28(10-11-31-20)23-26-19(12-21(29)27(23)3)18-8-9-24-14-25-18/h4-9,12,14-15,20H,10-11,13H2,1-3H3. The molecule has 1 atom stereocenters. The highest BCUT2D eigenvalue weighted by Gasteiger charge is 2.29. The van der Waals surface area contributed by atoms with E-state index in [1.807, 2.05) is 29.2 Å². The summed E-state index contributed by atoms with van der Waals surface area (Å²) in [6.07, 6.45) is 2.40. The normalized spacial score (nSPS) is 16.5. The lowest BCUT2D eigenvalue weighted by molar-refractivity contribution is 0.0337. The third-order valence-electron chi connectivity index (χ3n) is 5.46. The van der Waals surface area contributed by atoms with Crippen LogP contribution in [-0.2, 0) is 11.8 Å². The van der Waals surface area contributed by atoms with E-state index in [4.69, 9.17) is 4.74 Å². The lowest BCUT2D eigenvalue weighted by atomic mass is 9.98. The minimum absolute atomic E-state index is 0.0723. The molecule has 0 radical (unpaired) electrons. The van der Waals surface area contributed by atoms with Crippen molar-refractivity contribution >= 4 is 11.7 Å². The maximum atomic E-state index is 13.0. The van der Waals surface area contributed by atoms with Crippen molar-refractivity contribution < 1.29 is 9.53 Å². The second-order valence-corrected chi connectivity index (χ2v) is 7.88. The SMILES string of the molecule is CC(C)c1ccc(C(=O)C2CN(c3nc(-c4ccncn4)cc(=O)n3C)CCO2)cc1. The molecule has 0 N–H and O–H groups in total. The first kappa shape index (κ1) is 20.9. The molecule has 0 bridgehead atoms. The van der Waals surface area contributed by atoms with Gasteiger partial charge in [0.2, 0.25) is 5.95 Å². The summed E-state index contributed by atoms with van der Waals surface area (Å²) < 4.78 is 7.26. The molecule has 1 aromatic carbocycles. The number of nitrogens with zero attached hydrogens (tertiary/aromatic N) is 5.